The maximum absolute atomic E-state index is 9.44. The fourth-order valence-electron chi connectivity index (χ4n) is 2.33. The van der Waals surface area contributed by atoms with Crippen LogP contribution in [-0.4, -0.2) is 15.1 Å². The minimum absolute atomic E-state index is 0.287. The predicted molar refractivity (Wildman–Crippen MR) is 70.3 cm³/mol. The van der Waals surface area contributed by atoms with Gasteiger partial charge in [0.2, 0.25) is 0 Å². The fraction of sp³-hybridized carbons (Fsp3) is 0.500. The van der Waals surface area contributed by atoms with Gasteiger partial charge < -0.3 is 10.1 Å². The van der Waals surface area contributed by atoms with Gasteiger partial charge in [-0.15, -0.1) is 0 Å². The molecule has 0 radical (unpaired) electrons. The van der Waals surface area contributed by atoms with Crippen LogP contribution in [0, 0.1) is 0 Å². The minimum atomic E-state index is 0.287. The molecule has 0 saturated carbocycles. The molecule has 0 aliphatic rings. The number of phenolic OH excluding ortho intramolecular Hbond substituents is 1. The zero-order chi connectivity index (χ0) is 12.3. The Morgan fingerprint density at radius 3 is 2.59 bits per heavy atom. The van der Waals surface area contributed by atoms with Crippen molar-refractivity contribution >= 4 is 11.0 Å². The van der Waals surface area contributed by atoms with Crippen molar-refractivity contribution in [2.75, 3.05) is 0 Å². The van der Waals surface area contributed by atoms with Crippen molar-refractivity contribution < 1.29 is 5.11 Å². The van der Waals surface area contributed by atoms with Crippen molar-refractivity contribution in [1.82, 2.24) is 9.97 Å². The van der Waals surface area contributed by atoms with Gasteiger partial charge >= 0.3 is 0 Å². The number of nitrogens with zero attached hydrogens (tertiary/aromatic N) is 1. The smallest absolute Gasteiger partial charge is 0.117 e. The molecule has 0 unspecified atom stereocenters. The summed E-state index contributed by atoms with van der Waals surface area (Å²) in [7, 11) is 0. The Morgan fingerprint density at radius 2 is 1.94 bits per heavy atom. The van der Waals surface area contributed by atoms with Crippen molar-refractivity contribution in [1.29, 1.82) is 0 Å². The van der Waals surface area contributed by atoms with Gasteiger partial charge in [-0.2, -0.15) is 0 Å². The molecule has 0 amide bonds. The molecule has 3 nitrogen and oxygen atoms in total. The number of rotatable bonds is 5. The zero-order valence-corrected chi connectivity index (χ0v) is 10.5. The second-order valence-electron chi connectivity index (χ2n) is 4.60. The molecule has 1 heterocycles. The van der Waals surface area contributed by atoms with Crippen molar-refractivity contribution in [3.05, 3.63) is 24.0 Å². The van der Waals surface area contributed by atoms with Gasteiger partial charge in [0.25, 0.3) is 0 Å². The third kappa shape index (κ3) is 2.60. The molecule has 0 spiro atoms. The zero-order valence-electron chi connectivity index (χ0n) is 10.5. The number of benzene rings is 1. The number of aromatic hydroxyl groups is 1. The van der Waals surface area contributed by atoms with Crippen LogP contribution >= 0.6 is 0 Å². The molecule has 17 heavy (non-hydrogen) atoms. The van der Waals surface area contributed by atoms with Crippen LogP contribution < -0.4 is 0 Å². The summed E-state index contributed by atoms with van der Waals surface area (Å²) in [6, 6.07) is 5.28. The Bertz CT molecular complexity index is 484. The number of aromatic nitrogens is 2. The number of phenols is 1. The number of hydrogen-bond donors (Lipinski definition) is 2. The fourth-order valence-corrected chi connectivity index (χ4v) is 2.33. The average molecular weight is 232 g/mol. The van der Waals surface area contributed by atoms with Gasteiger partial charge in [0, 0.05) is 12.0 Å². The Kier molecular flexibility index (Phi) is 3.67. The third-order valence-electron chi connectivity index (χ3n) is 3.14. The highest BCUT2D eigenvalue weighted by Gasteiger charge is 2.14. The second kappa shape index (κ2) is 5.21. The average Bonchev–Trinajstić information content (AvgIpc) is 2.71. The quantitative estimate of drug-likeness (QED) is 0.820. The molecule has 0 aliphatic carbocycles. The lowest BCUT2D eigenvalue weighted by atomic mass is 9.98. The Labute approximate surface area is 102 Å². The highest BCUT2D eigenvalue weighted by molar-refractivity contribution is 5.76. The van der Waals surface area contributed by atoms with Gasteiger partial charge in [0.15, 0.2) is 0 Å². The van der Waals surface area contributed by atoms with Crippen LogP contribution in [0.15, 0.2) is 18.2 Å². The number of H-pyrrole nitrogens is 1. The van der Waals surface area contributed by atoms with Gasteiger partial charge in [0.1, 0.15) is 11.6 Å². The molecule has 2 rings (SSSR count). The SMILES string of the molecule is CCCC(CCC)c1nc2ccc(O)cc2[nH]1. The van der Waals surface area contributed by atoms with Crippen LogP contribution in [0.1, 0.15) is 51.3 Å². The summed E-state index contributed by atoms with van der Waals surface area (Å²) in [5, 5.41) is 9.44. The number of nitrogens with one attached hydrogen (secondary N) is 1. The van der Waals surface area contributed by atoms with E-state index in [4.69, 9.17) is 0 Å². The van der Waals surface area contributed by atoms with E-state index in [0.717, 1.165) is 16.9 Å². The van der Waals surface area contributed by atoms with Crippen LogP contribution in [0.3, 0.4) is 0 Å². The molecule has 0 bridgehead atoms. The lowest BCUT2D eigenvalue weighted by Crippen LogP contribution is -2.00. The van der Waals surface area contributed by atoms with Crippen LogP contribution in [0.2, 0.25) is 0 Å². The van der Waals surface area contributed by atoms with Crippen LogP contribution in [0.4, 0.5) is 0 Å². The Balaban J connectivity index is 2.33. The number of imidazole rings is 1. The topological polar surface area (TPSA) is 48.9 Å². The van der Waals surface area contributed by atoms with E-state index in [1.54, 1.807) is 12.1 Å². The largest absolute Gasteiger partial charge is 0.508 e. The first-order chi connectivity index (χ1) is 8.24. The normalized spacial score (nSPS) is 11.5. The van der Waals surface area contributed by atoms with Crippen molar-refractivity contribution in [2.45, 2.75) is 45.4 Å². The van der Waals surface area contributed by atoms with Gasteiger partial charge in [0.05, 0.1) is 11.0 Å². The van der Waals surface area contributed by atoms with E-state index in [1.807, 2.05) is 6.07 Å². The number of aromatic amines is 1. The maximum atomic E-state index is 9.44. The molecular weight excluding hydrogens is 212 g/mol. The third-order valence-corrected chi connectivity index (χ3v) is 3.14. The first-order valence-electron chi connectivity index (χ1n) is 6.43. The number of hydrogen-bond acceptors (Lipinski definition) is 2. The summed E-state index contributed by atoms with van der Waals surface area (Å²) in [6.45, 7) is 4.41. The second-order valence-corrected chi connectivity index (χ2v) is 4.60. The van der Waals surface area contributed by atoms with E-state index in [0.29, 0.717) is 5.92 Å². The molecule has 1 aromatic carbocycles. The molecule has 1 aromatic heterocycles. The van der Waals surface area contributed by atoms with Gasteiger partial charge in [-0.1, -0.05) is 26.7 Å². The lowest BCUT2D eigenvalue weighted by Gasteiger charge is -2.11. The van der Waals surface area contributed by atoms with E-state index < -0.39 is 0 Å². The van der Waals surface area contributed by atoms with E-state index in [2.05, 4.69) is 23.8 Å². The summed E-state index contributed by atoms with van der Waals surface area (Å²) in [5.74, 6) is 1.86. The maximum Gasteiger partial charge on any atom is 0.117 e. The van der Waals surface area contributed by atoms with E-state index >= 15 is 0 Å². The molecule has 0 fully saturated rings. The van der Waals surface area contributed by atoms with E-state index in [1.165, 1.54) is 25.7 Å². The molecule has 2 N–H and O–H groups in total. The molecule has 2 aromatic rings. The standard InChI is InChI=1S/C14H20N2O/c1-3-5-10(6-4-2)14-15-12-8-7-11(17)9-13(12)16-14/h7-10,17H,3-6H2,1-2H3,(H,15,16). The molecule has 0 saturated heterocycles. The Hall–Kier alpha value is -1.51. The molecule has 0 aliphatic heterocycles. The predicted octanol–water partition coefficient (Wildman–Crippen LogP) is 3.95. The molecular formula is C14H20N2O. The van der Waals surface area contributed by atoms with Crippen molar-refractivity contribution in [3.8, 4) is 5.75 Å². The number of fused-ring (bicyclic) bond motifs is 1. The van der Waals surface area contributed by atoms with Gasteiger partial charge in [-0.3, -0.25) is 0 Å². The molecule has 0 atom stereocenters. The first-order valence-corrected chi connectivity index (χ1v) is 6.43. The Morgan fingerprint density at radius 1 is 1.24 bits per heavy atom. The van der Waals surface area contributed by atoms with Crippen LogP contribution in [0.5, 0.6) is 5.75 Å². The minimum Gasteiger partial charge on any atom is -0.508 e. The lowest BCUT2D eigenvalue weighted by molar-refractivity contribution is 0.476. The monoisotopic (exact) mass is 232 g/mol. The van der Waals surface area contributed by atoms with Crippen LogP contribution in [-0.2, 0) is 0 Å². The highest BCUT2D eigenvalue weighted by atomic mass is 16.3. The van der Waals surface area contributed by atoms with Gasteiger partial charge in [-0.25, -0.2) is 4.98 Å². The molecule has 92 valence electrons. The summed E-state index contributed by atoms with van der Waals surface area (Å²) in [6.07, 6.45) is 4.68. The van der Waals surface area contributed by atoms with Crippen LogP contribution in [0.25, 0.3) is 11.0 Å². The summed E-state index contributed by atoms with van der Waals surface area (Å²) < 4.78 is 0. The highest BCUT2D eigenvalue weighted by Crippen LogP contribution is 2.27. The van der Waals surface area contributed by atoms with E-state index in [-0.39, 0.29) is 5.75 Å². The summed E-state index contributed by atoms with van der Waals surface area (Å²) >= 11 is 0. The van der Waals surface area contributed by atoms with Crippen molar-refractivity contribution in [2.24, 2.45) is 0 Å². The van der Waals surface area contributed by atoms with E-state index in [9.17, 15) is 5.11 Å². The van der Waals surface area contributed by atoms with Gasteiger partial charge in [-0.05, 0) is 25.0 Å². The summed E-state index contributed by atoms with van der Waals surface area (Å²) in [4.78, 5) is 7.96. The summed E-state index contributed by atoms with van der Waals surface area (Å²) in [5.41, 5.74) is 1.87. The molecule has 3 heteroatoms. The first kappa shape index (κ1) is 12.0. The van der Waals surface area contributed by atoms with Crippen molar-refractivity contribution in [3.63, 3.8) is 0 Å².